The maximum atomic E-state index is 13.2. The van der Waals surface area contributed by atoms with E-state index in [9.17, 15) is 9.59 Å². The zero-order valence-electron chi connectivity index (χ0n) is 18.5. The maximum absolute atomic E-state index is 13.2. The van der Waals surface area contributed by atoms with E-state index in [0.717, 1.165) is 34.6 Å². The van der Waals surface area contributed by atoms with Gasteiger partial charge >= 0.3 is 0 Å². The molecule has 1 spiro atoms. The molecule has 1 saturated heterocycles. The summed E-state index contributed by atoms with van der Waals surface area (Å²) in [4.78, 5) is 35.2. The number of likely N-dealkylation sites (tertiary alicyclic amines) is 1. The van der Waals surface area contributed by atoms with Crippen molar-refractivity contribution in [1.82, 2.24) is 20.2 Å². The van der Waals surface area contributed by atoms with Gasteiger partial charge in [0.05, 0.1) is 17.1 Å². The number of imidazole rings is 1. The predicted molar refractivity (Wildman–Crippen MR) is 122 cm³/mol. The van der Waals surface area contributed by atoms with Crippen LogP contribution in [0.5, 0.6) is 5.75 Å². The van der Waals surface area contributed by atoms with Crippen molar-refractivity contribution >= 4 is 22.8 Å². The highest BCUT2D eigenvalue weighted by Crippen LogP contribution is 2.44. The number of amides is 2. The molecule has 1 aromatic heterocycles. The summed E-state index contributed by atoms with van der Waals surface area (Å²) in [5, 5.41) is 3.24. The number of benzene rings is 2. The Balaban J connectivity index is 1.43. The molecule has 2 atom stereocenters. The van der Waals surface area contributed by atoms with Crippen LogP contribution >= 0.6 is 0 Å². The van der Waals surface area contributed by atoms with Crippen molar-refractivity contribution in [2.45, 2.75) is 51.2 Å². The summed E-state index contributed by atoms with van der Waals surface area (Å²) in [5.41, 5.74) is 2.80. The molecule has 7 heteroatoms. The molecule has 166 valence electrons. The third-order valence-corrected chi connectivity index (χ3v) is 6.73. The molecule has 2 aliphatic rings. The van der Waals surface area contributed by atoms with Crippen LogP contribution in [0.25, 0.3) is 11.0 Å². The van der Waals surface area contributed by atoms with E-state index >= 15 is 0 Å². The lowest BCUT2D eigenvalue weighted by Gasteiger charge is -2.42. The molecule has 2 aliphatic heterocycles. The first kappa shape index (κ1) is 20.5. The van der Waals surface area contributed by atoms with Crippen molar-refractivity contribution in [2.75, 3.05) is 13.1 Å². The van der Waals surface area contributed by atoms with Crippen molar-refractivity contribution < 1.29 is 14.3 Å². The molecule has 0 bridgehead atoms. The van der Waals surface area contributed by atoms with Gasteiger partial charge in [0.2, 0.25) is 5.91 Å². The normalized spacial score (nSPS) is 23.0. The molecule has 1 fully saturated rings. The first-order chi connectivity index (χ1) is 15.5. The fourth-order valence-corrected chi connectivity index (χ4v) is 4.99. The van der Waals surface area contributed by atoms with Gasteiger partial charge in [-0.15, -0.1) is 0 Å². The third kappa shape index (κ3) is 3.72. The number of hydrogen-bond donors (Lipinski definition) is 2. The van der Waals surface area contributed by atoms with Crippen molar-refractivity contribution in [1.29, 1.82) is 0 Å². The molecule has 3 heterocycles. The van der Waals surface area contributed by atoms with Crippen LogP contribution in [0.3, 0.4) is 0 Å². The van der Waals surface area contributed by atoms with Crippen LogP contribution in [0.15, 0.2) is 42.5 Å². The summed E-state index contributed by atoms with van der Waals surface area (Å²) in [6, 6.07) is 13.2. The Kier molecular flexibility index (Phi) is 5.12. The number of fused-ring (bicyclic) bond motifs is 2. The van der Waals surface area contributed by atoms with Gasteiger partial charge in [0.25, 0.3) is 5.91 Å². The summed E-state index contributed by atoms with van der Waals surface area (Å²) in [5.74, 6) is 1.66. The Bertz CT molecular complexity index is 1190. The minimum Gasteiger partial charge on any atom is -0.487 e. The molecular weight excluding hydrogens is 404 g/mol. The number of ether oxygens (including phenoxy) is 1. The molecule has 2 N–H and O–H groups in total. The minimum atomic E-state index is -0.462. The first-order valence-electron chi connectivity index (χ1n) is 11.3. The summed E-state index contributed by atoms with van der Waals surface area (Å²) in [7, 11) is 0. The van der Waals surface area contributed by atoms with E-state index in [4.69, 9.17) is 4.74 Å². The lowest BCUT2D eigenvalue weighted by molar-refractivity contribution is -0.130. The molecule has 0 aliphatic carbocycles. The Morgan fingerprint density at radius 1 is 1.28 bits per heavy atom. The van der Waals surface area contributed by atoms with Crippen LogP contribution in [-0.2, 0) is 4.79 Å². The average Bonchev–Trinajstić information content (AvgIpc) is 3.10. The topological polar surface area (TPSA) is 87.3 Å². The minimum absolute atomic E-state index is 0.129. The Morgan fingerprint density at radius 2 is 2.12 bits per heavy atom. The quantitative estimate of drug-likeness (QED) is 0.657. The van der Waals surface area contributed by atoms with Gasteiger partial charge in [-0.05, 0) is 44.5 Å². The van der Waals surface area contributed by atoms with E-state index < -0.39 is 5.60 Å². The zero-order valence-corrected chi connectivity index (χ0v) is 18.5. The summed E-state index contributed by atoms with van der Waals surface area (Å²) in [6.07, 6.45) is 2.52. The van der Waals surface area contributed by atoms with Crippen molar-refractivity contribution in [3.63, 3.8) is 0 Å². The Morgan fingerprint density at radius 3 is 2.97 bits per heavy atom. The number of aryl methyl sites for hydroxylation is 1. The molecular formula is C25H28N4O3. The van der Waals surface area contributed by atoms with E-state index in [1.54, 1.807) is 0 Å². The van der Waals surface area contributed by atoms with Crippen molar-refractivity contribution in [3.8, 4) is 5.75 Å². The fourth-order valence-electron chi connectivity index (χ4n) is 4.99. The van der Waals surface area contributed by atoms with Crippen LogP contribution in [0.4, 0.5) is 0 Å². The number of para-hydroxylation sites is 1. The van der Waals surface area contributed by atoms with Gasteiger partial charge in [-0.25, -0.2) is 4.98 Å². The maximum Gasteiger partial charge on any atom is 0.251 e. The smallest absolute Gasteiger partial charge is 0.251 e. The summed E-state index contributed by atoms with van der Waals surface area (Å²) >= 11 is 0. The number of carbonyl (C=O) groups excluding carboxylic acids is 2. The largest absolute Gasteiger partial charge is 0.487 e. The SMILES string of the molecule is CCN1CC[C@]2(CCC1=O)C[C@@H](NC(=O)c1ccc3nc(C)[nH]c3c1)c1ccccc1O2. The lowest BCUT2D eigenvalue weighted by atomic mass is 9.82. The van der Waals surface area contributed by atoms with Gasteiger partial charge in [-0.2, -0.15) is 0 Å². The molecule has 32 heavy (non-hydrogen) atoms. The van der Waals surface area contributed by atoms with E-state index in [-0.39, 0.29) is 17.9 Å². The summed E-state index contributed by atoms with van der Waals surface area (Å²) in [6.45, 7) is 5.29. The molecule has 2 aromatic carbocycles. The standard InChI is InChI=1S/C25H28N4O3/c1-3-29-13-12-25(11-10-23(29)30)15-21(18-6-4-5-7-22(18)32-25)28-24(31)17-8-9-19-20(14-17)27-16(2)26-19/h4-9,14,21H,3,10-13,15H2,1-2H3,(H,26,27)(H,28,31)/t21-,25-/m1/s1. The monoisotopic (exact) mass is 432 g/mol. The van der Waals surface area contributed by atoms with Gasteiger partial charge in [0, 0.05) is 43.5 Å². The Labute approximate surface area is 187 Å². The molecule has 0 saturated carbocycles. The molecule has 0 radical (unpaired) electrons. The predicted octanol–water partition coefficient (Wildman–Crippen LogP) is 3.90. The first-order valence-corrected chi connectivity index (χ1v) is 11.3. The molecule has 0 unspecified atom stereocenters. The molecule has 3 aromatic rings. The highest BCUT2D eigenvalue weighted by Gasteiger charge is 2.43. The summed E-state index contributed by atoms with van der Waals surface area (Å²) < 4.78 is 6.52. The van der Waals surface area contributed by atoms with Crippen LogP contribution in [-0.4, -0.2) is 45.4 Å². The highest BCUT2D eigenvalue weighted by atomic mass is 16.5. The number of nitrogens with zero attached hydrogens (tertiary/aromatic N) is 2. The second-order valence-electron chi connectivity index (χ2n) is 8.83. The van der Waals surface area contributed by atoms with Crippen molar-refractivity contribution in [2.24, 2.45) is 0 Å². The van der Waals surface area contributed by atoms with E-state index in [2.05, 4.69) is 15.3 Å². The lowest BCUT2D eigenvalue weighted by Crippen LogP contribution is -2.46. The number of aromatic amines is 1. The van der Waals surface area contributed by atoms with Gasteiger partial charge < -0.3 is 19.9 Å². The van der Waals surface area contributed by atoms with Crippen LogP contribution in [0.1, 0.15) is 60.4 Å². The van der Waals surface area contributed by atoms with Crippen LogP contribution < -0.4 is 10.1 Å². The number of carbonyl (C=O) groups is 2. The number of nitrogens with one attached hydrogen (secondary N) is 2. The number of rotatable bonds is 3. The number of hydrogen-bond acceptors (Lipinski definition) is 4. The zero-order chi connectivity index (χ0) is 22.3. The van der Waals surface area contributed by atoms with Crippen LogP contribution in [0.2, 0.25) is 0 Å². The number of aromatic nitrogens is 2. The fraction of sp³-hybridized carbons (Fsp3) is 0.400. The molecule has 5 rings (SSSR count). The number of H-pyrrole nitrogens is 1. The van der Waals surface area contributed by atoms with E-state index in [0.29, 0.717) is 37.9 Å². The van der Waals surface area contributed by atoms with Gasteiger partial charge in [-0.1, -0.05) is 18.2 Å². The molecule has 7 nitrogen and oxygen atoms in total. The average molecular weight is 433 g/mol. The van der Waals surface area contributed by atoms with Crippen LogP contribution in [0, 0.1) is 6.92 Å². The third-order valence-electron chi connectivity index (χ3n) is 6.73. The second-order valence-corrected chi connectivity index (χ2v) is 8.83. The van der Waals surface area contributed by atoms with E-state index in [1.807, 2.05) is 61.2 Å². The van der Waals surface area contributed by atoms with E-state index in [1.165, 1.54) is 0 Å². The van der Waals surface area contributed by atoms with Crippen molar-refractivity contribution in [3.05, 3.63) is 59.4 Å². The van der Waals surface area contributed by atoms with Gasteiger partial charge in [0.15, 0.2) is 0 Å². The second kappa shape index (κ2) is 7.97. The highest BCUT2D eigenvalue weighted by molar-refractivity contribution is 5.97. The Hall–Kier alpha value is -3.35. The van der Waals surface area contributed by atoms with Gasteiger partial charge in [-0.3, -0.25) is 9.59 Å². The molecule has 2 amide bonds. The van der Waals surface area contributed by atoms with Gasteiger partial charge in [0.1, 0.15) is 17.2 Å².